The number of nitrogens with one attached hydrogen (secondary N) is 4. The van der Waals surface area contributed by atoms with Crippen LogP contribution in [-0.2, 0) is 0 Å². The molecular weight excluding hydrogens is 308 g/mol. The molecule has 4 N–H and O–H groups in total. The third-order valence-corrected chi connectivity index (χ3v) is 6.42. The first kappa shape index (κ1) is 21.1. The van der Waals surface area contributed by atoms with Gasteiger partial charge in [0, 0.05) is 29.7 Å². The average molecular weight is 353 g/mol. The zero-order valence-corrected chi connectivity index (χ0v) is 17.5. The van der Waals surface area contributed by atoms with Crippen LogP contribution in [0, 0.1) is 5.92 Å². The summed E-state index contributed by atoms with van der Waals surface area (Å²) in [6.45, 7) is 11.5. The summed E-state index contributed by atoms with van der Waals surface area (Å²) in [6, 6.07) is 2.52. The SMILES string of the molecule is CCN[C@H]1CCCC(CC(C)(C)N[C@H]2CCCC[C@@H]2NC)[C@@H]1NCC. The van der Waals surface area contributed by atoms with Crippen LogP contribution in [0.5, 0.6) is 0 Å². The maximum Gasteiger partial charge on any atom is 0.0249 e. The molecule has 2 aliphatic rings. The highest BCUT2D eigenvalue weighted by Gasteiger charge is 2.37. The van der Waals surface area contributed by atoms with E-state index in [1.807, 2.05) is 0 Å². The molecule has 2 rings (SSSR count). The number of rotatable bonds is 9. The standard InChI is InChI=1S/C21H44N4/c1-6-23-19-14-10-11-16(20(19)24-7-2)15-21(3,4)25-18-13-9-8-12-17(18)22-5/h16-20,22-25H,6-15H2,1-5H3/t16?,17-,18-,19-,20-/m0/s1. The van der Waals surface area contributed by atoms with Crippen LogP contribution >= 0.6 is 0 Å². The molecule has 4 heteroatoms. The minimum absolute atomic E-state index is 0.198. The molecule has 5 atom stereocenters. The van der Waals surface area contributed by atoms with E-state index in [2.05, 4.69) is 56.0 Å². The fourth-order valence-corrected chi connectivity index (χ4v) is 5.42. The fraction of sp³-hybridized carbons (Fsp3) is 1.00. The van der Waals surface area contributed by atoms with Crippen LogP contribution < -0.4 is 21.3 Å². The molecule has 0 amide bonds. The zero-order valence-electron chi connectivity index (χ0n) is 17.5. The quantitative estimate of drug-likeness (QED) is 0.515. The highest BCUT2D eigenvalue weighted by molar-refractivity contribution is 4.97. The molecule has 148 valence electrons. The predicted molar refractivity (Wildman–Crippen MR) is 109 cm³/mol. The molecule has 0 saturated heterocycles. The maximum atomic E-state index is 4.04. The Labute approximate surface area is 156 Å². The van der Waals surface area contributed by atoms with Gasteiger partial charge in [-0.1, -0.05) is 33.1 Å². The van der Waals surface area contributed by atoms with Crippen molar-refractivity contribution >= 4 is 0 Å². The van der Waals surface area contributed by atoms with Gasteiger partial charge in [-0.25, -0.2) is 0 Å². The molecular formula is C21H44N4. The smallest absolute Gasteiger partial charge is 0.0249 e. The van der Waals surface area contributed by atoms with Crippen molar-refractivity contribution < 1.29 is 0 Å². The van der Waals surface area contributed by atoms with Crippen LogP contribution in [0.1, 0.15) is 79.1 Å². The van der Waals surface area contributed by atoms with Crippen molar-refractivity contribution in [2.45, 2.75) is 109 Å². The van der Waals surface area contributed by atoms with Gasteiger partial charge in [0.15, 0.2) is 0 Å². The van der Waals surface area contributed by atoms with E-state index in [-0.39, 0.29) is 5.54 Å². The van der Waals surface area contributed by atoms with E-state index >= 15 is 0 Å². The Morgan fingerprint density at radius 3 is 2.08 bits per heavy atom. The van der Waals surface area contributed by atoms with Gasteiger partial charge in [0.25, 0.3) is 0 Å². The van der Waals surface area contributed by atoms with E-state index in [4.69, 9.17) is 0 Å². The van der Waals surface area contributed by atoms with Crippen molar-refractivity contribution in [2.75, 3.05) is 20.1 Å². The molecule has 0 aromatic rings. The lowest BCUT2D eigenvalue weighted by Gasteiger charge is -2.45. The summed E-state index contributed by atoms with van der Waals surface area (Å²) < 4.78 is 0. The molecule has 0 spiro atoms. The van der Waals surface area contributed by atoms with Gasteiger partial charge in [-0.2, -0.15) is 0 Å². The molecule has 2 saturated carbocycles. The number of likely N-dealkylation sites (N-methyl/N-ethyl adjacent to an activating group) is 3. The number of hydrogen-bond donors (Lipinski definition) is 4. The van der Waals surface area contributed by atoms with Crippen molar-refractivity contribution in [3.63, 3.8) is 0 Å². The Morgan fingerprint density at radius 2 is 1.44 bits per heavy atom. The third kappa shape index (κ3) is 6.20. The Kier molecular flexibility index (Phi) is 8.67. The summed E-state index contributed by atoms with van der Waals surface area (Å²) in [4.78, 5) is 0. The van der Waals surface area contributed by atoms with Crippen LogP contribution in [0.15, 0.2) is 0 Å². The van der Waals surface area contributed by atoms with Crippen molar-refractivity contribution in [1.29, 1.82) is 0 Å². The molecule has 1 unspecified atom stereocenters. The Morgan fingerprint density at radius 1 is 0.800 bits per heavy atom. The van der Waals surface area contributed by atoms with E-state index in [1.54, 1.807) is 0 Å². The highest BCUT2D eigenvalue weighted by Crippen LogP contribution is 2.32. The van der Waals surface area contributed by atoms with Gasteiger partial charge in [0.05, 0.1) is 0 Å². The monoisotopic (exact) mass is 352 g/mol. The fourth-order valence-electron chi connectivity index (χ4n) is 5.42. The van der Waals surface area contributed by atoms with Gasteiger partial charge in [-0.05, 0) is 72.0 Å². The summed E-state index contributed by atoms with van der Waals surface area (Å²) in [5, 5.41) is 15.1. The lowest BCUT2D eigenvalue weighted by Crippen LogP contribution is -2.59. The summed E-state index contributed by atoms with van der Waals surface area (Å²) in [6.07, 6.45) is 10.7. The Bertz CT molecular complexity index is 369. The molecule has 0 heterocycles. The second kappa shape index (κ2) is 10.2. The molecule has 2 aliphatic carbocycles. The van der Waals surface area contributed by atoms with Gasteiger partial charge < -0.3 is 21.3 Å². The molecule has 0 radical (unpaired) electrons. The largest absolute Gasteiger partial charge is 0.315 e. The summed E-state index contributed by atoms with van der Waals surface area (Å²) in [7, 11) is 2.13. The predicted octanol–water partition coefficient (Wildman–Crippen LogP) is 3.03. The normalized spacial score (nSPS) is 34.2. The van der Waals surface area contributed by atoms with E-state index in [9.17, 15) is 0 Å². The molecule has 0 aromatic carbocycles. The molecule has 0 bridgehead atoms. The third-order valence-electron chi connectivity index (χ3n) is 6.42. The minimum Gasteiger partial charge on any atom is -0.315 e. The van der Waals surface area contributed by atoms with Crippen molar-refractivity contribution in [1.82, 2.24) is 21.3 Å². The summed E-state index contributed by atoms with van der Waals surface area (Å²) in [5.41, 5.74) is 0.198. The molecule has 25 heavy (non-hydrogen) atoms. The first-order chi connectivity index (χ1) is 12.0. The van der Waals surface area contributed by atoms with Gasteiger partial charge in [-0.3, -0.25) is 0 Å². The van der Waals surface area contributed by atoms with Gasteiger partial charge in [0.2, 0.25) is 0 Å². The lowest BCUT2D eigenvalue weighted by atomic mass is 9.74. The summed E-state index contributed by atoms with van der Waals surface area (Å²) >= 11 is 0. The van der Waals surface area contributed by atoms with Crippen LogP contribution in [-0.4, -0.2) is 49.8 Å². The van der Waals surface area contributed by atoms with Gasteiger partial charge in [0.1, 0.15) is 0 Å². The van der Waals surface area contributed by atoms with Crippen LogP contribution in [0.25, 0.3) is 0 Å². The Balaban J connectivity index is 1.98. The van der Waals surface area contributed by atoms with E-state index < -0.39 is 0 Å². The zero-order chi connectivity index (χ0) is 18.3. The summed E-state index contributed by atoms with van der Waals surface area (Å²) in [5.74, 6) is 0.761. The van der Waals surface area contributed by atoms with Crippen LogP contribution in [0.3, 0.4) is 0 Å². The number of hydrogen-bond acceptors (Lipinski definition) is 4. The average Bonchev–Trinajstić information content (AvgIpc) is 2.58. The Hall–Kier alpha value is -0.160. The molecule has 2 fully saturated rings. The minimum atomic E-state index is 0.198. The van der Waals surface area contributed by atoms with Crippen LogP contribution in [0.2, 0.25) is 0 Å². The second-order valence-corrected chi connectivity index (χ2v) is 8.96. The lowest BCUT2D eigenvalue weighted by molar-refractivity contribution is 0.146. The van der Waals surface area contributed by atoms with E-state index in [0.717, 1.165) is 19.0 Å². The molecule has 0 aromatic heterocycles. The van der Waals surface area contributed by atoms with E-state index in [1.165, 1.54) is 51.4 Å². The maximum absolute atomic E-state index is 4.04. The highest BCUT2D eigenvalue weighted by atomic mass is 15.1. The van der Waals surface area contributed by atoms with Crippen molar-refractivity contribution in [3.05, 3.63) is 0 Å². The van der Waals surface area contributed by atoms with Crippen LogP contribution in [0.4, 0.5) is 0 Å². The van der Waals surface area contributed by atoms with Crippen molar-refractivity contribution in [2.24, 2.45) is 5.92 Å². The molecule has 0 aliphatic heterocycles. The first-order valence-electron chi connectivity index (χ1n) is 10.9. The first-order valence-corrected chi connectivity index (χ1v) is 10.9. The molecule has 4 nitrogen and oxygen atoms in total. The topological polar surface area (TPSA) is 48.1 Å². The second-order valence-electron chi connectivity index (χ2n) is 8.96. The van der Waals surface area contributed by atoms with Gasteiger partial charge >= 0.3 is 0 Å². The van der Waals surface area contributed by atoms with Crippen molar-refractivity contribution in [3.8, 4) is 0 Å². The van der Waals surface area contributed by atoms with E-state index in [0.29, 0.717) is 24.2 Å². The van der Waals surface area contributed by atoms with Gasteiger partial charge in [-0.15, -0.1) is 0 Å².